The summed E-state index contributed by atoms with van der Waals surface area (Å²) in [5.41, 5.74) is 0.230. The second-order valence-electron chi connectivity index (χ2n) is 4.87. The van der Waals surface area contributed by atoms with E-state index >= 15 is 0 Å². The SMILES string of the molecule is CCOCC(NC(=O)c1ccc(OC)cc1O)C(C)C. The molecule has 5 heteroatoms. The van der Waals surface area contributed by atoms with Gasteiger partial charge in [0.15, 0.2) is 0 Å². The number of ether oxygens (including phenoxy) is 2. The first kappa shape index (κ1) is 16.3. The molecule has 0 bridgehead atoms. The molecule has 0 fully saturated rings. The molecule has 1 atom stereocenters. The molecule has 5 nitrogen and oxygen atoms in total. The van der Waals surface area contributed by atoms with Gasteiger partial charge in [0.05, 0.1) is 25.3 Å². The van der Waals surface area contributed by atoms with Crippen LogP contribution in [-0.4, -0.2) is 37.4 Å². The Hall–Kier alpha value is -1.75. The molecular weight excluding hydrogens is 258 g/mol. The molecule has 1 rings (SSSR count). The van der Waals surface area contributed by atoms with Gasteiger partial charge in [-0.05, 0) is 25.0 Å². The van der Waals surface area contributed by atoms with Crippen LogP contribution >= 0.6 is 0 Å². The van der Waals surface area contributed by atoms with Crippen LogP contribution in [0.25, 0.3) is 0 Å². The third-order valence-electron chi connectivity index (χ3n) is 3.07. The fourth-order valence-electron chi connectivity index (χ4n) is 1.72. The number of amides is 1. The topological polar surface area (TPSA) is 67.8 Å². The van der Waals surface area contributed by atoms with Crippen molar-refractivity contribution in [3.8, 4) is 11.5 Å². The summed E-state index contributed by atoms with van der Waals surface area (Å²) in [5, 5.41) is 12.7. The first-order chi connectivity index (χ1) is 9.49. The molecule has 1 aromatic carbocycles. The normalized spacial score (nSPS) is 12.2. The largest absolute Gasteiger partial charge is 0.507 e. The minimum atomic E-state index is -0.316. The molecule has 0 saturated carbocycles. The lowest BCUT2D eigenvalue weighted by Gasteiger charge is -2.22. The summed E-state index contributed by atoms with van der Waals surface area (Å²) in [5.74, 6) is 0.337. The van der Waals surface area contributed by atoms with Gasteiger partial charge < -0.3 is 19.9 Å². The summed E-state index contributed by atoms with van der Waals surface area (Å²) >= 11 is 0. The van der Waals surface area contributed by atoms with Crippen molar-refractivity contribution in [3.05, 3.63) is 23.8 Å². The molecule has 0 heterocycles. The van der Waals surface area contributed by atoms with Gasteiger partial charge in [0.2, 0.25) is 0 Å². The number of rotatable bonds is 7. The average Bonchev–Trinajstić information content (AvgIpc) is 2.42. The van der Waals surface area contributed by atoms with Crippen molar-refractivity contribution >= 4 is 5.91 Å². The van der Waals surface area contributed by atoms with E-state index in [-0.39, 0.29) is 29.2 Å². The Morgan fingerprint density at radius 3 is 2.60 bits per heavy atom. The number of hydrogen-bond acceptors (Lipinski definition) is 4. The van der Waals surface area contributed by atoms with Gasteiger partial charge in [-0.1, -0.05) is 13.8 Å². The maximum Gasteiger partial charge on any atom is 0.255 e. The molecule has 0 aliphatic carbocycles. The second kappa shape index (κ2) is 7.75. The van der Waals surface area contributed by atoms with Crippen LogP contribution < -0.4 is 10.1 Å². The van der Waals surface area contributed by atoms with Gasteiger partial charge >= 0.3 is 0 Å². The number of nitrogens with one attached hydrogen (secondary N) is 1. The van der Waals surface area contributed by atoms with Gasteiger partial charge in [0.25, 0.3) is 5.91 Å². The van der Waals surface area contributed by atoms with Gasteiger partial charge in [0, 0.05) is 12.7 Å². The molecule has 0 aliphatic rings. The maximum atomic E-state index is 12.2. The maximum absolute atomic E-state index is 12.2. The van der Waals surface area contributed by atoms with E-state index in [0.29, 0.717) is 19.0 Å². The quantitative estimate of drug-likeness (QED) is 0.804. The zero-order valence-corrected chi connectivity index (χ0v) is 12.5. The van der Waals surface area contributed by atoms with Crippen molar-refractivity contribution in [2.24, 2.45) is 5.92 Å². The number of carbonyl (C=O) groups is 1. The van der Waals surface area contributed by atoms with Crippen LogP contribution in [-0.2, 0) is 4.74 Å². The molecular formula is C15H23NO4. The van der Waals surface area contributed by atoms with Crippen molar-refractivity contribution in [2.75, 3.05) is 20.3 Å². The lowest BCUT2D eigenvalue weighted by molar-refractivity contribution is 0.0804. The van der Waals surface area contributed by atoms with Gasteiger partial charge in [-0.2, -0.15) is 0 Å². The van der Waals surface area contributed by atoms with Crippen LogP contribution in [0.4, 0.5) is 0 Å². The predicted octanol–water partition coefficient (Wildman–Crippen LogP) is 2.19. The van der Waals surface area contributed by atoms with Gasteiger partial charge in [-0.25, -0.2) is 0 Å². The van der Waals surface area contributed by atoms with Crippen molar-refractivity contribution in [1.82, 2.24) is 5.32 Å². The molecule has 0 saturated heterocycles. The highest BCUT2D eigenvalue weighted by molar-refractivity contribution is 5.97. The third-order valence-corrected chi connectivity index (χ3v) is 3.07. The number of aromatic hydroxyl groups is 1. The molecule has 1 aromatic rings. The molecule has 0 radical (unpaired) electrons. The molecule has 112 valence electrons. The zero-order chi connectivity index (χ0) is 15.1. The summed E-state index contributed by atoms with van der Waals surface area (Å²) in [4.78, 5) is 12.2. The van der Waals surface area contributed by atoms with Crippen molar-refractivity contribution < 1.29 is 19.4 Å². The summed E-state index contributed by atoms with van der Waals surface area (Å²) < 4.78 is 10.4. The summed E-state index contributed by atoms with van der Waals surface area (Å²) in [6.07, 6.45) is 0. The Balaban J connectivity index is 2.78. The standard InChI is InChI=1S/C15H23NO4/c1-5-20-9-13(10(2)3)16-15(18)12-7-6-11(19-4)8-14(12)17/h6-8,10,13,17H,5,9H2,1-4H3,(H,16,18). The van der Waals surface area contributed by atoms with Gasteiger partial charge in [0.1, 0.15) is 11.5 Å². The van der Waals surface area contributed by atoms with Crippen molar-refractivity contribution in [2.45, 2.75) is 26.8 Å². The summed E-state index contributed by atoms with van der Waals surface area (Å²) in [6.45, 7) is 6.99. The first-order valence-electron chi connectivity index (χ1n) is 6.75. The van der Waals surface area contributed by atoms with E-state index in [1.165, 1.54) is 13.2 Å². The molecule has 2 N–H and O–H groups in total. The number of hydrogen-bond donors (Lipinski definition) is 2. The van der Waals surface area contributed by atoms with E-state index in [1.54, 1.807) is 12.1 Å². The highest BCUT2D eigenvalue weighted by Crippen LogP contribution is 2.23. The second-order valence-corrected chi connectivity index (χ2v) is 4.87. The lowest BCUT2D eigenvalue weighted by Crippen LogP contribution is -2.41. The van der Waals surface area contributed by atoms with E-state index in [0.717, 1.165) is 0 Å². The van der Waals surface area contributed by atoms with Crippen LogP contribution in [0.2, 0.25) is 0 Å². The van der Waals surface area contributed by atoms with Crippen molar-refractivity contribution in [1.29, 1.82) is 0 Å². The van der Waals surface area contributed by atoms with Crippen LogP contribution in [0.15, 0.2) is 18.2 Å². The molecule has 0 spiro atoms. The zero-order valence-electron chi connectivity index (χ0n) is 12.5. The Morgan fingerprint density at radius 2 is 2.10 bits per heavy atom. The lowest BCUT2D eigenvalue weighted by atomic mass is 10.0. The minimum Gasteiger partial charge on any atom is -0.507 e. The predicted molar refractivity (Wildman–Crippen MR) is 77.2 cm³/mol. The Labute approximate surface area is 119 Å². The van der Waals surface area contributed by atoms with Gasteiger partial charge in [-0.3, -0.25) is 4.79 Å². The fraction of sp³-hybridized carbons (Fsp3) is 0.533. The Bertz CT molecular complexity index is 445. The van der Waals surface area contributed by atoms with Gasteiger partial charge in [-0.15, -0.1) is 0 Å². The fourth-order valence-corrected chi connectivity index (χ4v) is 1.72. The van der Waals surface area contributed by atoms with E-state index in [4.69, 9.17) is 9.47 Å². The van der Waals surface area contributed by atoms with Crippen molar-refractivity contribution in [3.63, 3.8) is 0 Å². The highest BCUT2D eigenvalue weighted by Gasteiger charge is 2.19. The number of carbonyl (C=O) groups excluding carboxylic acids is 1. The molecule has 1 unspecified atom stereocenters. The first-order valence-corrected chi connectivity index (χ1v) is 6.75. The Kier molecular flexibility index (Phi) is 6.31. The van der Waals surface area contributed by atoms with E-state index in [1.807, 2.05) is 20.8 Å². The number of methoxy groups -OCH3 is 1. The number of phenols is 1. The van der Waals surface area contributed by atoms with Crippen LogP contribution in [0.1, 0.15) is 31.1 Å². The summed E-state index contributed by atoms with van der Waals surface area (Å²) in [7, 11) is 1.51. The van der Waals surface area contributed by atoms with E-state index < -0.39 is 0 Å². The molecule has 0 aromatic heterocycles. The van der Waals surface area contributed by atoms with E-state index in [9.17, 15) is 9.90 Å². The van der Waals surface area contributed by atoms with Crippen LogP contribution in [0.3, 0.4) is 0 Å². The molecule has 0 aliphatic heterocycles. The number of phenolic OH excluding ortho intramolecular Hbond substituents is 1. The Morgan fingerprint density at radius 1 is 1.40 bits per heavy atom. The minimum absolute atomic E-state index is 0.0936. The average molecular weight is 281 g/mol. The van der Waals surface area contributed by atoms with Crippen LogP contribution in [0, 0.1) is 5.92 Å². The van der Waals surface area contributed by atoms with Crippen LogP contribution in [0.5, 0.6) is 11.5 Å². The third kappa shape index (κ3) is 4.42. The highest BCUT2D eigenvalue weighted by atomic mass is 16.5. The molecule has 1 amide bonds. The monoisotopic (exact) mass is 281 g/mol. The smallest absolute Gasteiger partial charge is 0.255 e. The molecule has 20 heavy (non-hydrogen) atoms. The summed E-state index contributed by atoms with van der Waals surface area (Å²) in [6, 6.07) is 4.51. The van der Waals surface area contributed by atoms with E-state index in [2.05, 4.69) is 5.32 Å². The number of benzene rings is 1.